The van der Waals surface area contributed by atoms with Crippen LogP contribution in [0.3, 0.4) is 0 Å². The van der Waals surface area contributed by atoms with Crippen molar-refractivity contribution in [3.05, 3.63) is 60.2 Å². The van der Waals surface area contributed by atoms with Crippen LogP contribution in [0.4, 0.5) is 11.4 Å². The predicted octanol–water partition coefficient (Wildman–Crippen LogP) is 0.855. The van der Waals surface area contributed by atoms with E-state index in [2.05, 4.69) is 21.1 Å². The van der Waals surface area contributed by atoms with E-state index in [-0.39, 0.29) is 19.0 Å². The Labute approximate surface area is 181 Å². The van der Waals surface area contributed by atoms with E-state index in [0.29, 0.717) is 24.5 Å². The lowest BCUT2D eigenvalue weighted by atomic mass is 10.2. The van der Waals surface area contributed by atoms with Gasteiger partial charge in [0, 0.05) is 30.0 Å². The first kappa shape index (κ1) is 22.3. The van der Waals surface area contributed by atoms with Crippen LogP contribution >= 0.6 is 0 Å². The first-order valence-corrected chi connectivity index (χ1v) is 10.1. The molecule has 1 heterocycles. The molecule has 9 heteroatoms. The number of nitrogens with one attached hydrogen (secondary N) is 3. The number of nitrogens with zero attached hydrogens (tertiary/aromatic N) is 2. The zero-order valence-corrected chi connectivity index (χ0v) is 17.5. The van der Waals surface area contributed by atoms with E-state index >= 15 is 0 Å². The average molecular weight is 425 g/mol. The van der Waals surface area contributed by atoms with Crippen molar-refractivity contribution in [2.45, 2.75) is 0 Å². The van der Waals surface area contributed by atoms with Crippen LogP contribution < -0.4 is 21.1 Å². The van der Waals surface area contributed by atoms with Gasteiger partial charge in [-0.25, -0.2) is 0 Å². The van der Waals surface area contributed by atoms with Crippen molar-refractivity contribution in [2.75, 3.05) is 56.7 Å². The van der Waals surface area contributed by atoms with Crippen molar-refractivity contribution < 1.29 is 19.1 Å². The largest absolute Gasteiger partial charge is 0.378 e. The Hall–Kier alpha value is -3.43. The molecule has 0 bridgehead atoms. The minimum absolute atomic E-state index is 0.0330. The van der Waals surface area contributed by atoms with Gasteiger partial charge in [0.05, 0.1) is 26.3 Å². The summed E-state index contributed by atoms with van der Waals surface area (Å²) in [6, 6.07) is 16.2. The zero-order valence-electron chi connectivity index (χ0n) is 17.5. The highest BCUT2D eigenvalue weighted by atomic mass is 16.5. The maximum absolute atomic E-state index is 12.3. The van der Waals surface area contributed by atoms with E-state index in [1.54, 1.807) is 42.3 Å². The Morgan fingerprint density at radius 1 is 0.903 bits per heavy atom. The third-order valence-electron chi connectivity index (χ3n) is 4.71. The summed E-state index contributed by atoms with van der Waals surface area (Å²) in [7, 11) is 1.65. The smallest absolute Gasteiger partial charge is 0.269 e. The van der Waals surface area contributed by atoms with Crippen LogP contribution in [0.25, 0.3) is 0 Å². The van der Waals surface area contributed by atoms with Gasteiger partial charge in [0.2, 0.25) is 5.91 Å². The summed E-state index contributed by atoms with van der Waals surface area (Å²) >= 11 is 0. The van der Waals surface area contributed by atoms with Crippen molar-refractivity contribution in [3.8, 4) is 0 Å². The lowest BCUT2D eigenvalue weighted by molar-refractivity contribution is -0.123. The fraction of sp³-hybridized carbons (Fsp3) is 0.318. The topological polar surface area (TPSA) is 103 Å². The lowest BCUT2D eigenvalue weighted by Gasteiger charge is -2.28. The molecule has 3 N–H and O–H groups in total. The summed E-state index contributed by atoms with van der Waals surface area (Å²) in [6.07, 6.45) is 0. The van der Waals surface area contributed by atoms with Gasteiger partial charge in [-0.3, -0.25) is 30.1 Å². The molecule has 0 unspecified atom stereocenters. The Morgan fingerprint density at radius 2 is 1.55 bits per heavy atom. The van der Waals surface area contributed by atoms with Gasteiger partial charge in [0.25, 0.3) is 11.8 Å². The van der Waals surface area contributed by atoms with Crippen LogP contribution in [0.15, 0.2) is 54.6 Å². The Morgan fingerprint density at radius 3 is 2.23 bits per heavy atom. The molecular formula is C22H27N5O4. The molecule has 164 valence electrons. The number of benzene rings is 2. The first-order valence-electron chi connectivity index (χ1n) is 10.1. The van der Waals surface area contributed by atoms with Crippen LogP contribution in [0, 0.1) is 0 Å². The summed E-state index contributed by atoms with van der Waals surface area (Å²) in [5, 5.41) is 2.82. The van der Waals surface area contributed by atoms with Crippen LogP contribution in [0.2, 0.25) is 0 Å². The number of hydrogen-bond acceptors (Lipinski definition) is 6. The van der Waals surface area contributed by atoms with Gasteiger partial charge in [0.15, 0.2) is 0 Å². The monoisotopic (exact) mass is 425 g/mol. The second-order valence-electron chi connectivity index (χ2n) is 7.24. The van der Waals surface area contributed by atoms with E-state index in [9.17, 15) is 14.4 Å². The highest BCUT2D eigenvalue weighted by Crippen LogP contribution is 2.19. The van der Waals surface area contributed by atoms with Gasteiger partial charge < -0.3 is 15.0 Å². The standard InChI is InChI=1S/C22H27N5O4/c1-26(16-21(29)24-25-22(30)17-5-3-2-4-6-17)15-20(28)23-18-7-9-19(10-8-18)27-11-13-31-14-12-27/h2-10H,11-16H2,1H3,(H,23,28)(H,24,29)(H,25,30). The number of ether oxygens (including phenoxy) is 1. The number of amides is 3. The molecule has 1 fully saturated rings. The number of morpholine rings is 1. The minimum Gasteiger partial charge on any atom is -0.378 e. The molecule has 2 aromatic rings. The molecule has 0 saturated carbocycles. The molecular weight excluding hydrogens is 398 g/mol. The third-order valence-corrected chi connectivity index (χ3v) is 4.71. The second kappa shape index (κ2) is 11.1. The molecule has 1 aliphatic rings. The van der Waals surface area contributed by atoms with Crippen LogP contribution in [-0.4, -0.2) is 69.1 Å². The van der Waals surface area contributed by atoms with Gasteiger partial charge in [0.1, 0.15) is 0 Å². The quantitative estimate of drug-likeness (QED) is 0.569. The fourth-order valence-corrected chi connectivity index (χ4v) is 3.15. The number of carbonyl (C=O) groups excluding carboxylic acids is 3. The molecule has 3 amide bonds. The third kappa shape index (κ3) is 7.09. The van der Waals surface area contributed by atoms with Crippen molar-refractivity contribution in [3.63, 3.8) is 0 Å². The number of carbonyl (C=O) groups is 3. The number of likely N-dealkylation sites (N-methyl/N-ethyl adjacent to an activating group) is 1. The van der Waals surface area contributed by atoms with Crippen LogP contribution in [0.1, 0.15) is 10.4 Å². The second-order valence-corrected chi connectivity index (χ2v) is 7.24. The molecule has 1 aliphatic heterocycles. The number of hydrazine groups is 1. The highest BCUT2D eigenvalue weighted by molar-refractivity contribution is 5.95. The van der Waals surface area contributed by atoms with Gasteiger partial charge in [-0.2, -0.15) is 0 Å². The van der Waals surface area contributed by atoms with Crippen LogP contribution in [-0.2, 0) is 14.3 Å². The number of hydrogen-bond donors (Lipinski definition) is 3. The molecule has 31 heavy (non-hydrogen) atoms. The maximum atomic E-state index is 12.3. The van der Waals surface area contributed by atoms with E-state index in [1.807, 2.05) is 24.3 Å². The van der Waals surface area contributed by atoms with Crippen molar-refractivity contribution >= 4 is 29.1 Å². The van der Waals surface area contributed by atoms with Crippen molar-refractivity contribution in [1.29, 1.82) is 0 Å². The molecule has 0 spiro atoms. The normalized spacial score (nSPS) is 13.5. The summed E-state index contributed by atoms with van der Waals surface area (Å²) in [5.41, 5.74) is 6.92. The SMILES string of the molecule is CN(CC(=O)NNC(=O)c1ccccc1)CC(=O)Nc1ccc(N2CCOCC2)cc1. The predicted molar refractivity (Wildman–Crippen MR) is 118 cm³/mol. The van der Waals surface area contributed by atoms with Gasteiger partial charge >= 0.3 is 0 Å². The molecule has 1 saturated heterocycles. The van der Waals surface area contributed by atoms with Crippen LogP contribution in [0.5, 0.6) is 0 Å². The van der Waals surface area contributed by atoms with Crippen molar-refractivity contribution in [1.82, 2.24) is 15.8 Å². The Balaban J connectivity index is 1.38. The lowest BCUT2D eigenvalue weighted by Crippen LogP contribution is -2.46. The van der Waals surface area contributed by atoms with Gasteiger partial charge in [-0.1, -0.05) is 18.2 Å². The molecule has 2 aromatic carbocycles. The first-order chi connectivity index (χ1) is 15.0. The fourth-order valence-electron chi connectivity index (χ4n) is 3.15. The van der Waals surface area contributed by atoms with Crippen molar-refractivity contribution in [2.24, 2.45) is 0 Å². The highest BCUT2D eigenvalue weighted by Gasteiger charge is 2.14. The van der Waals surface area contributed by atoms with Gasteiger partial charge in [-0.05, 0) is 43.4 Å². The van der Waals surface area contributed by atoms with Gasteiger partial charge in [-0.15, -0.1) is 0 Å². The summed E-state index contributed by atoms with van der Waals surface area (Å²) < 4.78 is 5.36. The molecule has 0 atom stereocenters. The van der Waals surface area contributed by atoms with E-state index in [0.717, 1.165) is 18.8 Å². The molecule has 3 rings (SSSR count). The average Bonchev–Trinajstić information content (AvgIpc) is 2.79. The van der Waals surface area contributed by atoms with E-state index in [4.69, 9.17) is 4.74 Å². The summed E-state index contributed by atoms with van der Waals surface area (Å²) in [4.78, 5) is 40.0. The molecule has 0 aromatic heterocycles. The summed E-state index contributed by atoms with van der Waals surface area (Å²) in [5.74, 6) is -1.06. The Bertz CT molecular complexity index is 883. The number of anilines is 2. The molecule has 0 aliphatic carbocycles. The molecule has 9 nitrogen and oxygen atoms in total. The van der Waals surface area contributed by atoms with E-state index in [1.165, 1.54) is 0 Å². The minimum atomic E-state index is -0.422. The van der Waals surface area contributed by atoms with E-state index < -0.39 is 11.8 Å². The Kier molecular flexibility index (Phi) is 7.97. The zero-order chi connectivity index (χ0) is 22.1. The summed E-state index contributed by atoms with van der Waals surface area (Å²) in [6.45, 7) is 3.13. The number of rotatable bonds is 7. The maximum Gasteiger partial charge on any atom is 0.269 e. The molecule has 0 radical (unpaired) electrons.